The highest BCUT2D eigenvalue weighted by Gasteiger charge is 2.29. The number of benzene rings is 2. The van der Waals surface area contributed by atoms with Crippen LogP contribution >= 0.6 is 11.3 Å². The Hall–Kier alpha value is -2.86. The number of amides is 1. The lowest BCUT2D eigenvalue weighted by atomic mass is 9.93. The summed E-state index contributed by atoms with van der Waals surface area (Å²) in [7, 11) is 3.22. The van der Waals surface area contributed by atoms with Gasteiger partial charge in [-0.25, -0.2) is 4.98 Å². The lowest BCUT2D eigenvalue weighted by Gasteiger charge is -2.34. The third kappa shape index (κ3) is 4.19. The van der Waals surface area contributed by atoms with Crippen LogP contribution in [0, 0.1) is 0 Å². The van der Waals surface area contributed by atoms with Gasteiger partial charge in [0.2, 0.25) is 0 Å². The molecule has 2 aromatic carbocycles. The minimum atomic E-state index is -0.0314. The van der Waals surface area contributed by atoms with Crippen LogP contribution in [0.5, 0.6) is 11.5 Å². The third-order valence-electron chi connectivity index (χ3n) is 5.55. The predicted octanol–water partition coefficient (Wildman–Crippen LogP) is 5.81. The molecule has 0 bridgehead atoms. The molecule has 0 unspecified atom stereocenters. The Morgan fingerprint density at radius 2 is 1.73 bits per heavy atom. The minimum absolute atomic E-state index is 0.0314. The fourth-order valence-electron chi connectivity index (χ4n) is 4.02. The predicted molar refractivity (Wildman–Crippen MR) is 121 cm³/mol. The Kier molecular flexibility index (Phi) is 6.33. The van der Waals surface area contributed by atoms with E-state index in [4.69, 9.17) is 9.47 Å². The molecule has 0 N–H and O–H groups in total. The second kappa shape index (κ2) is 9.30. The third-order valence-corrected chi connectivity index (χ3v) is 6.44. The largest absolute Gasteiger partial charge is 0.493 e. The molecule has 4 rings (SSSR count). The normalized spacial score (nSPS) is 14.3. The van der Waals surface area contributed by atoms with Crippen molar-refractivity contribution < 1.29 is 14.3 Å². The molecule has 1 aromatic heterocycles. The molecule has 30 heavy (non-hydrogen) atoms. The number of methoxy groups -OCH3 is 2. The van der Waals surface area contributed by atoms with Gasteiger partial charge in [-0.05, 0) is 43.2 Å². The fraction of sp³-hybridized carbons (Fsp3) is 0.333. The second-order valence-corrected chi connectivity index (χ2v) is 8.27. The van der Waals surface area contributed by atoms with E-state index in [1.165, 1.54) is 17.8 Å². The number of hydrogen-bond acceptors (Lipinski definition) is 5. The van der Waals surface area contributed by atoms with Crippen molar-refractivity contribution in [3.8, 4) is 22.1 Å². The molecule has 1 fully saturated rings. The van der Waals surface area contributed by atoms with Crippen molar-refractivity contribution in [2.45, 2.75) is 38.1 Å². The number of ether oxygens (including phenoxy) is 2. The monoisotopic (exact) mass is 422 g/mol. The van der Waals surface area contributed by atoms with E-state index < -0.39 is 0 Å². The van der Waals surface area contributed by atoms with Gasteiger partial charge < -0.3 is 14.4 Å². The number of para-hydroxylation sites is 1. The molecule has 1 heterocycles. The molecule has 0 atom stereocenters. The van der Waals surface area contributed by atoms with Crippen LogP contribution < -0.4 is 14.4 Å². The van der Waals surface area contributed by atoms with Crippen LogP contribution in [-0.2, 0) is 0 Å². The van der Waals surface area contributed by atoms with Crippen LogP contribution in [-0.4, -0.2) is 31.2 Å². The van der Waals surface area contributed by atoms with Gasteiger partial charge in [0.25, 0.3) is 5.91 Å². The van der Waals surface area contributed by atoms with Gasteiger partial charge in [-0.3, -0.25) is 4.79 Å². The van der Waals surface area contributed by atoms with E-state index in [9.17, 15) is 4.79 Å². The molecule has 1 amide bonds. The molecule has 1 aliphatic carbocycles. The van der Waals surface area contributed by atoms with Crippen LogP contribution in [0.15, 0.2) is 53.9 Å². The summed E-state index contributed by atoms with van der Waals surface area (Å²) in [5.74, 6) is 1.28. The first-order valence-electron chi connectivity index (χ1n) is 10.3. The summed E-state index contributed by atoms with van der Waals surface area (Å²) in [6.45, 7) is 0. The van der Waals surface area contributed by atoms with Crippen LogP contribution in [0.3, 0.4) is 0 Å². The molecular formula is C24H26N2O3S. The first-order chi connectivity index (χ1) is 14.7. The molecule has 0 spiro atoms. The van der Waals surface area contributed by atoms with Gasteiger partial charge in [0.1, 0.15) is 10.7 Å². The van der Waals surface area contributed by atoms with E-state index in [1.54, 1.807) is 14.2 Å². The molecule has 156 valence electrons. The number of carbonyl (C=O) groups excluding carboxylic acids is 1. The highest BCUT2D eigenvalue weighted by atomic mass is 32.1. The van der Waals surface area contributed by atoms with Gasteiger partial charge in [-0.15, -0.1) is 11.3 Å². The van der Waals surface area contributed by atoms with Crippen molar-refractivity contribution in [3.63, 3.8) is 0 Å². The van der Waals surface area contributed by atoms with Crippen molar-refractivity contribution in [1.29, 1.82) is 0 Å². The maximum Gasteiger partial charge on any atom is 0.278 e. The maximum absolute atomic E-state index is 13.5. The number of nitrogens with zero attached hydrogens (tertiary/aromatic N) is 2. The smallest absolute Gasteiger partial charge is 0.278 e. The number of thiazole rings is 1. The zero-order valence-corrected chi connectivity index (χ0v) is 18.2. The summed E-state index contributed by atoms with van der Waals surface area (Å²) in [6, 6.07) is 15.9. The summed E-state index contributed by atoms with van der Waals surface area (Å²) in [5, 5.41) is 2.64. The van der Waals surface area contributed by atoms with E-state index in [0.29, 0.717) is 17.2 Å². The first kappa shape index (κ1) is 20.4. The Morgan fingerprint density at radius 1 is 1.00 bits per heavy atom. The zero-order valence-electron chi connectivity index (χ0n) is 17.3. The van der Waals surface area contributed by atoms with E-state index in [0.717, 1.165) is 41.9 Å². The summed E-state index contributed by atoms with van der Waals surface area (Å²) < 4.78 is 10.7. The Balaban J connectivity index is 1.64. The molecule has 1 aliphatic rings. The summed E-state index contributed by atoms with van der Waals surface area (Å²) in [4.78, 5) is 20.2. The molecule has 3 aromatic rings. The van der Waals surface area contributed by atoms with E-state index in [-0.39, 0.29) is 11.9 Å². The van der Waals surface area contributed by atoms with Gasteiger partial charge >= 0.3 is 0 Å². The maximum atomic E-state index is 13.5. The number of anilines is 1. The van der Waals surface area contributed by atoms with E-state index in [2.05, 4.69) is 4.98 Å². The topological polar surface area (TPSA) is 51.7 Å². The molecule has 0 aliphatic heterocycles. The van der Waals surface area contributed by atoms with Gasteiger partial charge in [0.05, 0.1) is 14.2 Å². The summed E-state index contributed by atoms with van der Waals surface area (Å²) in [6.07, 6.45) is 5.64. The average molecular weight is 423 g/mol. The number of hydrogen-bond donors (Lipinski definition) is 0. The Morgan fingerprint density at radius 3 is 2.43 bits per heavy atom. The highest BCUT2D eigenvalue weighted by molar-refractivity contribution is 7.13. The second-order valence-electron chi connectivity index (χ2n) is 7.41. The number of rotatable bonds is 6. The number of aromatic nitrogens is 1. The van der Waals surface area contributed by atoms with Crippen molar-refractivity contribution in [3.05, 3.63) is 59.6 Å². The fourth-order valence-corrected chi connectivity index (χ4v) is 4.81. The van der Waals surface area contributed by atoms with E-state index in [1.807, 2.05) is 58.8 Å². The van der Waals surface area contributed by atoms with Gasteiger partial charge in [-0.2, -0.15) is 0 Å². The van der Waals surface area contributed by atoms with Crippen LogP contribution in [0.2, 0.25) is 0 Å². The zero-order chi connectivity index (χ0) is 20.9. The Bertz CT molecular complexity index is 997. The molecule has 0 radical (unpaired) electrons. The molecule has 1 saturated carbocycles. The summed E-state index contributed by atoms with van der Waals surface area (Å²) in [5.41, 5.74) is 2.33. The minimum Gasteiger partial charge on any atom is -0.493 e. The lowest BCUT2D eigenvalue weighted by molar-refractivity contribution is 0.0966. The number of carbonyl (C=O) groups is 1. The highest BCUT2D eigenvalue weighted by Crippen LogP contribution is 2.34. The van der Waals surface area contributed by atoms with Gasteiger partial charge in [-0.1, -0.05) is 37.5 Å². The standard InChI is InChI=1S/C24H26N2O3S/c1-28-21-14-13-17(15-22(21)29-2)23-25-20(16-30-23)24(27)26(18-9-5-3-6-10-18)19-11-7-4-8-12-19/h3,5-6,9-10,13-16,19H,4,7-8,11-12H2,1-2H3. The van der Waals surface area contributed by atoms with Crippen molar-refractivity contribution in [1.82, 2.24) is 4.98 Å². The molecular weight excluding hydrogens is 396 g/mol. The van der Waals surface area contributed by atoms with Gasteiger partial charge in [0.15, 0.2) is 11.5 Å². The van der Waals surface area contributed by atoms with Crippen molar-refractivity contribution in [2.75, 3.05) is 19.1 Å². The first-order valence-corrected chi connectivity index (χ1v) is 11.2. The average Bonchev–Trinajstić information content (AvgIpc) is 3.30. The Labute approximate surface area is 181 Å². The molecule has 0 saturated heterocycles. The SMILES string of the molecule is COc1ccc(-c2nc(C(=O)N(c3ccccc3)C3CCCCC3)cs2)cc1OC. The van der Waals surface area contributed by atoms with Crippen molar-refractivity contribution >= 4 is 22.9 Å². The van der Waals surface area contributed by atoms with E-state index >= 15 is 0 Å². The molecule has 6 heteroatoms. The van der Waals surface area contributed by atoms with Crippen molar-refractivity contribution in [2.24, 2.45) is 0 Å². The quantitative estimate of drug-likeness (QED) is 0.503. The van der Waals surface area contributed by atoms with Gasteiger partial charge in [0, 0.05) is 22.7 Å². The van der Waals surface area contributed by atoms with Crippen LogP contribution in [0.25, 0.3) is 10.6 Å². The van der Waals surface area contributed by atoms with Crippen LogP contribution in [0.1, 0.15) is 42.6 Å². The summed E-state index contributed by atoms with van der Waals surface area (Å²) >= 11 is 1.47. The lowest BCUT2D eigenvalue weighted by Crippen LogP contribution is -2.41. The molecule has 5 nitrogen and oxygen atoms in total. The van der Waals surface area contributed by atoms with Crippen LogP contribution in [0.4, 0.5) is 5.69 Å².